The highest BCUT2D eigenvalue weighted by molar-refractivity contribution is 8.17. The molecule has 0 amide bonds. The molecule has 6 rings (SSSR count). The van der Waals surface area contributed by atoms with E-state index in [1.54, 1.807) is 6.92 Å². The minimum absolute atomic E-state index is 0.101. The molecule has 0 saturated carbocycles. The molecule has 194 valence electrons. The Morgan fingerprint density at radius 3 is 2.33 bits per heavy atom. The van der Waals surface area contributed by atoms with Gasteiger partial charge < -0.3 is 0 Å². The van der Waals surface area contributed by atoms with Gasteiger partial charge in [0.2, 0.25) is 4.99 Å². The summed E-state index contributed by atoms with van der Waals surface area (Å²) in [7, 11) is 0. The van der Waals surface area contributed by atoms with E-state index in [1.165, 1.54) is 11.8 Å². The van der Waals surface area contributed by atoms with E-state index in [4.69, 9.17) is 21.8 Å². The maximum Gasteiger partial charge on any atom is 0.234 e. The Morgan fingerprint density at radius 1 is 0.821 bits per heavy atom. The third-order valence-corrected chi connectivity index (χ3v) is 8.98. The Balaban J connectivity index is 1.70. The summed E-state index contributed by atoms with van der Waals surface area (Å²) in [6.07, 6.45) is 0. The molecular weight excluding hydrogens is 524 g/mol. The number of hydrazone groups is 2. The van der Waals surface area contributed by atoms with Crippen LogP contribution in [0.1, 0.15) is 40.3 Å². The lowest BCUT2D eigenvalue weighted by atomic mass is 9.90. The quantitative estimate of drug-likeness (QED) is 0.260. The van der Waals surface area contributed by atoms with E-state index in [9.17, 15) is 4.79 Å². The third-order valence-electron chi connectivity index (χ3n) is 7.15. The summed E-state index contributed by atoms with van der Waals surface area (Å²) in [5, 5.41) is 15.3. The van der Waals surface area contributed by atoms with Crippen LogP contribution in [0.3, 0.4) is 0 Å². The zero-order chi connectivity index (χ0) is 27.3. The molecule has 4 aromatic carbocycles. The third kappa shape index (κ3) is 4.06. The zero-order valence-electron chi connectivity index (χ0n) is 22.1. The highest BCUT2D eigenvalue weighted by atomic mass is 35.5. The number of aryl methyl sites for hydroxylation is 2. The summed E-state index contributed by atoms with van der Waals surface area (Å²) in [4.78, 5) is 11.9. The molecule has 1 atom stereocenters. The van der Waals surface area contributed by atoms with Crippen LogP contribution in [0.4, 0.5) is 11.4 Å². The number of para-hydroxylation sites is 1. The number of carbonyl (C=O) groups is 1. The molecule has 2 aliphatic heterocycles. The van der Waals surface area contributed by atoms with Gasteiger partial charge in [0, 0.05) is 28.6 Å². The fraction of sp³-hybridized carbons (Fsp3) is 0.156. The number of hydrogen-bond donors (Lipinski definition) is 0. The minimum Gasteiger partial charge on any atom is -0.292 e. The number of Topliss-reactive ketones (excluding diaryl/α,β-unsaturated/α-hetero) is 1. The minimum atomic E-state index is -1.00. The van der Waals surface area contributed by atoms with Gasteiger partial charge in [-0.3, -0.25) is 4.79 Å². The van der Waals surface area contributed by atoms with Crippen LogP contribution in [-0.4, -0.2) is 16.5 Å². The molecular formula is C32H27ClN4OS. The van der Waals surface area contributed by atoms with Crippen LogP contribution in [0, 0.1) is 20.8 Å². The standard InChI is InChI=1S/C32H27ClN4OS/c1-20-17-18-21(2)26(19-20)30-25-13-8-9-14-27(25)32(36(34-30)24-11-6-5-7-12-24)37(35-31(39-32)23(4)38)29-16-10-15-28(33)22(29)3/h5-19H,1-4H3. The fourth-order valence-corrected chi connectivity index (χ4v) is 6.60. The van der Waals surface area contributed by atoms with E-state index in [1.807, 2.05) is 77.6 Å². The number of nitrogens with zero attached hydrogens (tertiary/aromatic N) is 4. The second-order valence-corrected chi connectivity index (χ2v) is 11.4. The largest absolute Gasteiger partial charge is 0.292 e. The van der Waals surface area contributed by atoms with E-state index in [0.717, 1.165) is 50.5 Å². The molecule has 0 bridgehead atoms. The lowest BCUT2D eigenvalue weighted by molar-refractivity contribution is -0.110. The Morgan fingerprint density at radius 2 is 1.56 bits per heavy atom. The molecule has 0 aromatic heterocycles. The number of hydrogen-bond acceptors (Lipinski definition) is 6. The van der Waals surface area contributed by atoms with Crippen molar-refractivity contribution in [3.63, 3.8) is 0 Å². The van der Waals surface area contributed by atoms with Crippen molar-refractivity contribution in [2.75, 3.05) is 10.0 Å². The van der Waals surface area contributed by atoms with E-state index in [0.29, 0.717) is 10.1 Å². The van der Waals surface area contributed by atoms with Crippen LogP contribution in [0.2, 0.25) is 5.02 Å². The average molecular weight is 551 g/mol. The van der Waals surface area contributed by atoms with Gasteiger partial charge in [0.05, 0.1) is 17.1 Å². The molecule has 7 heteroatoms. The molecule has 0 aliphatic carbocycles. The highest BCUT2D eigenvalue weighted by Gasteiger charge is 2.56. The monoisotopic (exact) mass is 550 g/mol. The van der Waals surface area contributed by atoms with E-state index < -0.39 is 4.99 Å². The number of benzene rings is 4. The van der Waals surface area contributed by atoms with Gasteiger partial charge in [0.15, 0.2) is 10.8 Å². The van der Waals surface area contributed by atoms with Crippen molar-refractivity contribution in [3.05, 3.63) is 129 Å². The van der Waals surface area contributed by atoms with Gasteiger partial charge in [0.25, 0.3) is 0 Å². The zero-order valence-corrected chi connectivity index (χ0v) is 23.7. The summed E-state index contributed by atoms with van der Waals surface area (Å²) in [6, 6.07) is 30.6. The maximum atomic E-state index is 12.9. The van der Waals surface area contributed by atoms with Gasteiger partial charge in [-0.25, -0.2) is 10.0 Å². The number of rotatable bonds is 4. The average Bonchev–Trinajstić information content (AvgIpc) is 3.34. The van der Waals surface area contributed by atoms with Crippen LogP contribution < -0.4 is 10.0 Å². The topological polar surface area (TPSA) is 48.3 Å². The Bertz CT molecular complexity index is 1680. The first-order valence-corrected chi connectivity index (χ1v) is 14.0. The van der Waals surface area contributed by atoms with Gasteiger partial charge in [-0.2, -0.15) is 10.2 Å². The van der Waals surface area contributed by atoms with Crippen molar-refractivity contribution in [2.45, 2.75) is 32.7 Å². The van der Waals surface area contributed by atoms with Gasteiger partial charge >= 0.3 is 0 Å². The van der Waals surface area contributed by atoms with Crippen LogP contribution in [0.5, 0.6) is 0 Å². The molecule has 0 fully saturated rings. The second kappa shape index (κ2) is 9.70. The molecule has 2 aliphatic rings. The van der Waals surface area contributed by atoms with E-state index in [2.05, 4.69) is 44.2 Å². The molecule has 39 heavy (non-hydrogen) atoms. The molecule has 4 aromatic rings. The lowest BCUT2D eigenvalue weighted by Crippen LogP contribution is -2.54. The first kappa shape index (κ1) is 25.4. The smallest absolute Gasteiger partial charge is 0.234 e. The summed E-state index contributed by atoms with van der Waals surface area (Å²) >= 11 is 8.03. The van der Waals surface area contributed by atoms with Crippen molar-refractivity contribution >= 4 is 51.3 Å². The molecule has 5 nitrogen and oxygen atoms in total. The molecule has 0 radical (unpaired) electrons. The summed E-state index contributed by atoms with van der Waals surface area (Å²) < 4.78 is 0. The van der Waals surface area contributed by atoms with Crippen LogP contribution in [0.25, 0.3) is 0 Å². The second-order valence-electron chi connectivity index (χ2n) is 9.83. The first-order chi connectivity index (χ1) is 18.8. The van der Waals surface area contributed by atoms with Crippen molar-refractivity contribution in [3.8, 4) is 0 Å². The van der Waals surface area contributed by atoms with Gasteiger partial charge in [-0.15, -0.1) is 0 Å². The Kier molecular flexibility index (Phi) is 6.32. The van der Waals surface area contributed by atoms with Gasteiger partial charge in [-0.1, -0.05) is 77.8 Å². The first-order valence-electron chi connectivity index (χ1n) is 12.8. The fourth-order valence-electron chi connectivity index (χ4n) is 5.15. The summed E-state index contributed by atoms with van der Waals surface area (Å²) in [5.74, 6) is -0.101. The predicted octanol–water partition coefficient (Wildman–Crippen LogP) is 7.80. The Hall–Kier alpha value is -3.87. The van der Waals surface area contributed by atoms with Gasteiger partial charge in [0.1, 0.15) is 0 Å². The van der Waals surface area contributed by atoms with E-state index >= 15 is 0 Å². The normalized spacial score (nSPS) is 18.2. The Labute approximate surface area is 237 Å². The molecule has 0 saturated heterocycles. The van der Waals surface area contributed by atoms with E-state index in [-0.39, 0.29) is 5.78 Å². The van der Waals surface area contributed by atoms with Crippen molar-refractivity contribution < 1.29 is 4.79 Å². The number of anilines is 2. The van der Waals surface area contributed by atoms with Crippen LogP contribution >= 0.6 is 23.4 Å². The summed E-state index contributed by atoms with van der Waals surface area (Å²) in [6.45, 7) is 7.74. The number of halogens is 1. The molecule has 1 spiro atoms. The SMILES string of the molecule is CC(=O)C1=NN(c2cccc(Cl)c2C)C2(S1)c1ccccc1C(c1cc(C)ccc1C)=NN2c1ccccc1. The van der Waals surface area contributed by atoms with Crippen LogP contribution in [0.15, 0.2) is 101 Å². The van der Waals surface area contributed by atoms with Crippen molar-refractivity contribution in [1.29, 1.82) is 0 Å². The molecule has 2 heterocycles. The summed E-state index contributed by atoms with van der Waals surface area (Å²) in [5.41, 5.74) is 8.80. The van der Waals surface area contributed by atoms with Crippen molar-refractivity contribution in [1.82, 2.24) is 0 Å². The van der Waals surface area contributed by atoms with Gasteiger partial charge in [-0.05, 0) is 74.0 Å². The predicted molar refractivity (Wildman–Crippen MR) is 163 cm³/mol. The van der Waals surface area contributed by atoms with Crippen molar-refractivity contribution in [2.24, 2.45) is 10.2 Å². The molecule has 1 unspecified atom stereocenters. The lowest BCUT2D eigenvalue weighted by Gasteiger charge is -2.47. The van der Waals surface area contributed by atoms with Crippen LogP contribution in [-0.2, 0) is 9.79 Å². The maximum absolute atomic E-state index is 12.9. The number of thioether (sulfide) groups is 1. The molecule has 0 N–H and O–H groups in total. The number of carbonyl (C=O) groups excluding carboxylic acids is 1. The number of fused-ring (bicyclic) bond motifs is 2. The number of ketones is 1. The highest BCUT2D eigenvalue weighted by Crippen LogP contribution is 2.55.